The second-order valence-electron chi connectivity index (χ2n) is 15.4. The number of nitrogens with zero attached hydrogens (tertiary/aromatic N) is 3. The molecule has 1 unspecified atom stereocenters. The molecule has 9 aromatic carbocycles. The summed E-state index contributed by atoms with van der Waals surface area (Å²) in [4.78, 5) is 10.8. The number of hydrogen-bond acceptors (Lipinski definition) is 4. The van der Waals surface area contributed by atoms with Crippen molar-refractivity contribution in [3.05, 3.63) is 216 Å². The van der Waals surface area contributed by atoms with E-state index >= 15 is 0 Å². The van der Waals surface area contributed by atoms with E-state index in [9.17, 15) is 0 Å². The van der Waals surface area contributed by atoms with Crippen LogP contribution in [0.2, 0.25) is 0 Å². The van der Waals surface area contributed by atoms with Crippen molar-refractivity contribution in [2.75, 3.05) is 0 Å². The van der Waals surface area contributed by atoms with E-state index in [1.54, 1.807) is 0 Å². The number of benzene rings is 9. The van der Waals surface area contributed by atoms with Gasteiger partial charge in [-0.05, 0) is 92.3 Å². The van der Waals surface area contributed by atoms with Crippen molar-refractivity contribution < 1.29 is 4.74 Å². The number of nitrogens with one attached hydrogen (secondary N) is 1. The highest BCUT2D eigenvalue weighted by molar-refractivity contribution is 6.16. The average molecular weight is 757 g/mol. The number of aliphatic imine (C=N–C) groups is 2. The summed E-state index contributed by atoms with van der Waals surface area (Å²) < 4.78 is 8.93. The van der Waals surface area contributed by atoms with Gasteiger partial charge in [-0.25, -0.2) is 9.98 Å². The molecule has 0 spiro atoms. The minimum absolute atomic E-state index is 0.400. The molecule has 278 valence electrons. The summed E-state index contributed by atoms with van der Waals surface area (Å²) in [5.74, 6) is 2.31. The van der Waals surface area contributed by atoms with Crippen molar-refractivity contribution in [1.82, 2.24) is 9.88 Å². The number of aromatic nitrogens is 1. The van der Waals surface area contributed by atoms with Crippen LogP contribution >= 0.6 is 0 Å². The van der Waals surface area contributed by atoms with Crippen LogP contribution in [0.5, 0.6) is 5.75 Å². The van der Waals surface area contributed by atoms with Crippen molar-refractivity contribution in [1.29, 1.82) is 0 Å². The van der Waals surface area contributed by atoms with Crippen molar-refractivity contribution in [2.45, 2.75) is 12.8 Å². The van der Waals surface area contributed by atoms with Crippen LogP contribution in [0.4, 0.5) is 0 Å². The molecule has 59 heavy (non-hydrogen) atoms. The molecule has 3 heterocycles. The van der Waals surface area contributed by atoms with Gasteiger partial charge >= 0.3 is 0 Å². The van der Waals surface area contributed by atoms with Gasteiger partial charge in [-0.1, -0.05) is 146 Å². The molecule has 0 bridgehead atoms. The highest BCUT2D eigenvalue weighted by Crippen LogP contribution is 2.43. The third-order valence-corrected chi connectivity index (χ3v) is 11.9. The normalized spacial score (nSPS) is 14.7. The highest BCUT2D eigenvalue weighted by Gasteiger charge is 2.28. The third kappa shape index (κ3) is 5.62. The monoisotopic (exact) mass is 756 g/mol. The van der Waals surface area contributed by atoms with Crippen molar-refractivity contribution in [3.8, 4) is 33.7 Å². The highest BCUT2D eigenvalue weighted by atomic mass is 16.5. The van der Waals surface area contributed by atoms with E-state index < -0.39 is 6.17 Å². The molecule has 0 saturated carbocycles. The molecule has 10 aromatic rings. The zero-order valence-electron chi connectivity index (χ0n) is 32.0. The molecule has 0 radical (unpaired) electrons. The molecular weight excluding hydrogens is 721 g/mol. The SMILES string of the molecule is c1ccc(-c2cccc(C3N=C(c4ccc5ccccc5c4)N=C(c4cc(-n5c6ccccc6c6cc7ccccc7cc65)cc5c4COc4ccccc4-5)N3)c2)cc1. The first kappa shape index (κ1) is 33.4. The van der Waals surface area contributed by atoms with Gasteiger partial charge in [-0.2, -0.15) is 0 Å². The predicted molar refractivity (Wildman–Crippen MR) is 243 cm³/mol. The quantitative estimate of drug-likeness (QED) is 0.190. The number of rotatable bonds is 5. The predicted octanol–water partition coefficient (Wildman–Crippen LogP) is 12.8. The van der Waals surface area contributed by atoms with Gasteiger partial charge in [0.1, 0.15) is 24.4 Å². The summed E-state index contributed by atoms with van der Waals surface area (Å²) in [6.45, 7) is 0.414. The second kappa shape index (κ2) is 13.4. The summed E-state index contributed by atoms with van der Waals surface area (Å²) in [6, 6.07) is 69.1. The number of para-hydroxylation sites is 2. The summed E-state index contributed by atoms with van der Waals surface area (Å²) in [7, 11) is 0. The van der Waals surface area contributed by atoms with Crippen LogP contribution in [0.15, 0.2) is 204 Å². The lowest BCUT2D eigenvalue weighted by molar-refractivity contribution is 0.302. The van der Waals surface area contributed by atoms with Gasteiger partial charge in [0, 0.05) is 38.7 Å². The standard InChI is InChI=1S/C54H36N4O/c1-2-13-34(14-3-1)37-19-12-20-40(27-37)52-55-53(41-26-25-35-15-4-5-16-36(35)28-41)57-54(56-52)47-32-42(31-45-44-22-9-11-24-51(44)59-33-48(45)47)58-49-23-10-8-21-43(49)46-29-38-17-6-7-18-39(38)30-50(46)58/h1-32,52H,33H2,(H,55,56,57). The van der Waals surface area contributed by atoms with E-state index in [2.05, 4.69) is 198 Å². The first-order valence-corrected chi connectivity index (χ1v) is 20.1. The molecule has 2 aliphatic rings. The Labute approximate surface area is 341 Å². The van der Waals surface area contributed by atoms with E-state index in [4.69, 9.17) is 14.7 Å². The second-order valence-corrected chi connectivity index (χ2v) is 15.4. The lowest BCUT2D eigenvalue weighted by atomic mass is 9.91. The summed E-state index contributed by atoms with van der Waals surface area (Å²) in [5.41, 5.74) is 11.9. The minimum Gasteiger partial charge on any atom is -0.488 e. The maximum atomic E-state index is 6.52. The smallest absolute Gasteiger partial charge is 0.159 e. The number of ether oxygens (including phenoxy) is 1. The zero-order chi connectivity index (χ0) is 38.9. The lowest BCUT2D eigenvalue weighted by Crippen LogP contribution is -2.34. The van der Waals surface area contributed by atoms with Crippen LogP contribution in [0, 0.1) is 0 Å². The van der Waals surface area contributed by atoms with Crippen molar-refractivity contribution in [3.63, 3.8) is 0 Å². The van der Waals surface area contributed by atoms with Crippen LogP contribution in [0.1, 0.15) is 28.4 Å². The molecule has 0 fully saturated rings. The van der Waals surface area contributed by atoms with Crippen molar-refractivity contribution >= 4 is 55.0 Å². The topological polar surface area (TPSA) is 50.9 Å². The average Bonchev–Trinajstić information content (AvgIpc) is 3.63. The molecule has 12 rings (SSSR count). The Hall–Kier alpha value is -7.76. The molecule has 1 aromatic heterocycles. The Kier molecular flexibility index (Phi) is 7.60. The fourth-order valence-corrected chi connectivity index (χ4v) is 9.02. The molecule has 0 amide bonds. The van der Waals surface area contributed by atoms with Crippen LogP contribution in [0.25, 0.3) is 71.3 Å². The van der Waals surface area contributed by atoms with Gasteiger partial charge in [0.2, 0.25) is 0 Å². The molecule has 1 atom stereocenters. The maximum absolute atomic E-state index is 6.52. The van der Waals surface area contributed by atoms with E-state index in [-0.39, 0.29) is 0 Å². The fourth-order valence-electron chi connectivity index (χ4n) is 9.02. The van der Waals surface area contributed by atoms with Gasteiger partial charge in [0.25, 0.3) is 0 Å². The molecule has 2 aliphatic heterocycles. The minimum atomic E-state index is -0.400. The van der Waals surface area contributed by atoms with E-state index in [1.807, 2.05) is 6.07 Å². The van der Waals surface area contributed by atoms with Crippen molar-refractivity contribution in [2.24, 2.45) is 9.98 Å². The van der Waals surface area contributed by atoms with Crippen LogP contribution in [-0.4, -0.2) is 16.2 Å². The van der Waals surface area contributed by atoms with Gasteiger partial charge in [0.15, 0.2) is 5.84 Å². The van der Waals surface area contributed by atoms with Gasteiger partial charge in [0.05, 0.1) is 11.0 Å². The molecule has 5 heteroatoms. The largest absolute Gasteiger partial charge is 0.488 e. The van der Waals surface area contributed by atoms with E-state index in [0.29, 0.717) is 12.4 Å². The van der Waals surface area contributed by atoms with Crippen LogP contribution < -0.4 is 10.1 Å². The van der Waals surface area contributed by atoms with Crippen LogP contribution in [0.3, 0.4) is 0 Å². The maximum Gasteiger partial charge on any atom is 0.159 e. The zero-order valence-corrected chi connectivity index (χ0v) is 32.0. The Morgan fingerprint density at radius 3 is 2.08 bits per heavy atom. The molecule has 0 aliphatic carbocycles. The number of amidine groups is 2. The first-order chi connectivity index (χ1) is 29.2. The van der Waals surface area contributed by atoms with Gasteiger partial charge < -0.3 is 14.6 Å². The lowest BCUT2D eigenvalue weighted by Gasteiger charge is -2.29. The summed E-state index contributed by atoms with van der Waals surface area (Å²) in [6.07, 6.45) is -0.400. The molecule has 1 N–H and O–H groups in total. The van der Waals surface area contributed by atoms with E-state index in [1.165, 1.54) is 26.9 Å². The van der Waals surface area contributed by atoms with Gasteiger partial charge in [-0.3, -0.25) is 0 Å². The van der Waals surface area contributed by atoms with Crippen LogP contribution in [-0.2, 0) is 6.61 Å². The Balaban J connectivity index is 1.10. The number of hydrogen-bond donors (Lipinski definition) is 1. The summed E-state index contributed by atoms with van der Waals surface area (Å²) >= 11 is 0. The fraction of sp³-hybridized carbons (Fsp3) is 0.0370. The Morgan fingerprint density at radius 2 is 1.20 bits per heavy atom. The Morgan fingerprint density at radius 1 is 0.492 bits per heavy atom. The Bertz CT molecular complexity index is 3380. The molecular formula is C54H36N4O. The number of fused-ring (bicyclic) bond motifs is 8. The van der Waals surface area contributed by atoms with Gasteiger partial charge in [-0.15, -0.1) is 0 Å². The third-order valence-electron chi connectivity index (χ3n) is 11.9. The molecule has 0 saturated heterocycles. The molecule has 5 nitrogen and oxygen atoms in total. The summed E-state index contributed by atoms with van der Waals surface area (Å²) in [5, 5.41) is 11.0. The first-order valence-electron chi connectivity index (χ1n) is 20.1. The van der Waals surface area contributed by atoms with E-state index in [0.717, 1.165) is 78.2 Å².